The van der Waals surface area contributed by atoms with Crippen molar-refractivity contribution in [3.8, 4) is 0 Å². The summed E-state index contributed by atoms with van der Waals surface area (Å²) in [4.78, 5) is 14.2. The molecule has 1 unspecified atom stereocenters. The molecule has 1 aliphatic heterocycles. The molecule has 0 amide bonds. The average molecular weight is 250 g/mol. The van der Waals surface area contributed by atoms with E-state index in [1.165, 1.54) is 17.5 Å². The van der Waals surface area contributed by atoms with Crippen LogP contribution in [0, 0.1) is 0 Å². The van der Waals surface area contributed by atoms with Crippen LogP contribution in [-0.2, 0) is 6.54 Å². The molecule has 2 rings (SSSR count). The first-order valence-electron chi connectivity index (χ1n) is 6.78. The van der Waals surface area contributed by atoms with Crippen molar-refractivity contribution in [1.82, 2.24) is 9.78 Å². The molecule has 0 saturated carbocycles. The third-order valence-electron chi connectivity index (χ3n) is 3.39. The molecule has 1 aliphatic rings. The van der Waals surface area contributed by atoms with Gasteiger partial charge in [0.15, 0.2) is 0 Å². The number of anilines is 1. The molecule has 5 heteroatoms. The Morgan fingerprint density at radius 3 is 2.78 bits per heavy atom. The zero-order valence-electron chi connectivity index (χ0n) is 11.0. The highest BCUT2D eigenvalue weighted by atomic mass is 16.1. The predicted octanol–water partition coefficient (Wildman–Crippen LogP) is 0.971. The lowest BCUT2D eigenvalue weighted by molar-refractivity contribution is 0.465. The fourth-order valence-corrected chi connectivity index (χ4v) is 2.39. The van der Waals surface area contributed by atoms with Crippen molar-refractivity contribution < 1.29 is 0 Å². The van der Waals surface area contributed by atoms with Crippen molar-refractivity contribution >= 4 is 5.69 Å². The first-order valence-corrected chi connectivity index (χ1v) is 6.78. The minimum absolute atomic E-state index is 0.0119. The molecular weight excluding hydrogens is 228 g/mol. The van der Waals surface area contributed by atoms with Crippen molar-refractivity contribution in [1.29, 1.82) is 0 Å². The zero-order valence-corrected chi connectivity index (χ0v) is 11.0. The molecule has 0 aromatic carbocycles. The Balaban J connectivity index is 2.07. The summed E-state index contributed by atoms with van der Waals surface area (Å²) in [6.07, 6.45) is 6.13. The summed E-state index contributed by atoms with van der Waals surface area (Å²) in [5.41, 5.74) is 6.83. The summed E-state index contributed by atoms with van der Waals surface area (Å²) >= 11 is 0. The summed E-state index contributed by atoms with van der Waals surface area (Å²) in [6, 6.07) is 1.69. The van der Waals surface area contributed by atoms with Crippen LogP contribution in [0.5, 0.6) is 0 Å². The molecule has 1 atom stereocenters. The van der Waals surface area contributed by atoms with Gasteiger partial charge in [-0.2, -0.15) is 5.10 Å². The van der Waals surface area contributed by atoms with Crippen LogP contribution in [0.3, 0.4) is 0 Å². The van der Waals surface area contributed by atoms with Crippen molar-refractivity contribution in [3.63, 3.8) is 0 Å². The number of nitrogens with two attached hydrogens (primary N) is 1. The molecule has 18 heavy (non-hydrogen) atoms. The van der Waals surface area contributed by atoms with Gasteiger partial charge in [0, 0.05) is 25.2 Å². The van der Waals surface area contributed by atoms with Crippen molar-refractivity contribution in [2.24, 2.45) is 5.73 Å². The van der Waals surface area contributed by atoms with Crippen LogP contribution in [0.4, 0.5) is 5.69 Å². The van der Waals surface area contributed by atoms with Gasteiger partial charge in [0.2, 0.25) is 0 Å². The smallest absolute Gasteiger partial charge is 0.268 e. The quantitative estimate of drug-likeness (QED) is 0.846. The molecule has 5 nitrogen and oxygen atoms in total. The highest BCUT2D eigenvalue weighted by Crippen LogP contribution is 2.16. The fourth-order valence-electron chi connectivity index (χ4n) is 2.39. The van der Waals surface area contributed by atoms with E-state index >= 15 is 0 Å². The van der Waals surface area contributed by atoms with Gasteiger partial charge < -0.3 is 10.6 Å². The molecule has 100 valence electrons. The minimum Gasteiger partial charge on any atom is -0.370 e. The van der Waals surface area contributed by atoms with Crippen LogP contribution >= 0.6 is 0 Å². The van der Waals surface area contributed by atoms with E-state index in [9.17, 15) is 4.79 Å². The van der Waals surface area contributed by atoms with Crippen molar-refractivity contribution in [2.45, 2.75) is 45.2 Å². The second-order valence-corrected chi connectivity index (χ2v) is 4.98. The number of nitrogens with zero attached hydrogens (tertiary/aromatic N) is 3. The summed E-state index contributed by atoms with van der Waals surface area (Å²) in [5, 5.41) is 4.23. The first-order chi connectivity index (χ1) is 8.70. The Morgan fingerprint density at radius 1 is 1.44 bits per heavy atom. The lowest BCUT2D eigenvalue weighted by atomic mass is 10.2. The number of rotatable bonds is 5. The summed E-state index contributed by atoms with van der Waals surface area (Å²) in [7, 11) is 0. The number of aromatic nitrogens is 2. The van der Waals surface area contributed by atoms with Gasteiger partial charge >= 0.3 is 0 Å². The fraction of sp³-hybridized carbons (Fsp3) is 0.692. The third kappa shape index (κ3) is 3.10. The first kappa shape index (κ1) is 13.1. The maximum Gasteiger partial charge on any atom is 0.268 e. The summed E-state index contributed by atoms with van der Waals surface area (Å²) < 4.78 is 1.47. The van der Waals surface area contributed by atoms with E-state index in [0.717, 1.165) is 31.6 Å². The van der Waals surface area contributed by atoms with E-state index in [2.05, 4.69) is 16.9 Å². The van der Waals surface area contributed by atoms with Crippen LogP contribution in [-0.4, -0.2) is 28.9 Å². The highest BCUT2D eigenvalue weighted by Gasteiger charge is 2.14. The second kappa shape index (κ2) is 6.00. The Morgan fingerprint density at radius 2 is 2.17 bits per heavy atom. The number of hydrogen-bond donors (Lipinski definition) is 1. The summed E-state index contributed by atoms with van der Waals surface area (Å²) in [5.74, 6) is 0. The summed E-state index contributed by atoms with van der Waals surface area (Å²) in [6.45, 7) is 4.65. The molecule has 0 radical (unpaired) electrons. The standard InChI is InChI=1S/C13H22N4O/c1-2-5-11(14)10-17-13(18)8-12(9-15-17)16-6-3-4-7-16/h8-9,11H,2-7,10,14H2,1H3. The van der Waals surface area contributed by atoms with Crippen molar-refractivity contribution in [2.75, 3.05) is 18.0 Å². The molecule has 1 saturated heterocycles. The minimum atomic E-state index is -0.0500. The largest absolute Gasteiger partial charge is 0.370 e. The Labute approximate surface area is 108 Å². The van der Waals surface area contributed by atoms with Gasteiger partial charge in [-0.25, -0.2) is 4.68 Å². The van der Waals surface area contributed by atoms with E-state index in [4.69, 9.17) is 5.73 Å². The lowest BCUT2D eigenvalue weighted by Crippen LogP contribution is -2.34. The number of hydrogen-bond acceptors (Lipinski definition) is 4. The Hall–Kier alpha value is -1.36. The molecule has 0 spiro atoms. The van der Waals surface area contributed by atoms with Crippen LogP contribution < -0.4 is 16.2 Å². The van der Waals surface area contributed by atoms with Gasteiger partial charge in [0.25, 0.3) is 5.56 Å². The van der Waals surface area contributed by atoms with E-state index in [0.29, 0.717) is 6.54 Å². The van der Waals surface area contributed by atoms with Crippen molar-refractivity contribution in [3.05, 3.63) is 22.6 Å². The average Bonchev–Trinajstić information content (AvgIpc) is 2.85. The van der Waals surface area contributed by atoms with Gasteiger partial charge in [-0.05, 0) is 19.3 Å². The third-order valence-corrected chi connectivity index (χ3v) is 3.39. The predicted molar refractivity (Wildman–Crippen MR) is 72.8 cm³/mol. The lowest BCUT2D eigenvalue weighted by Gasteiger charge is -2.17. The van der Waals surface area contributed by atoms with Gasteiger partial charge in [-0.1, -0.05) is 13.3 Å². The second-order valence-electron chi connectivity index (χ2n) is 4.98. The van der Waals surface area contributed by atoms with E-state index < -0.39 is 0 Å². The van der Waals surface area contributed by atoms with Gasteiger partial charge in [0.1, 0.15) is 0 Å². The molecular formula is C13H22N4O. The van der Waals surface area contributed by atoms with E-state index in [-0.39, 0.29) is 11.6 Å². The van der Waals surface area contributed by atoms with Crippen LogP contribution in [0.15, 0.2) is 17.1 Å². The Kier molecular flexibility index (Phi) is 4.36. The maximum atomic E-state index is 12.0. The SMILES string of the molecule is CCCC(N)Cn1ncc(N2CCCC2)cc1=O. The molecule has 0 bridgehead atoms. The van der Waals surface area contributed by atoms with E-state index in [1.54, 1.807) is 12.3 Å². The van der Waals surface area contributed by atoms with Crippen LogP contribution in [0.1, 0.15) is 32.6 Å². The molecule has 1 aromatic rings. The van der Waals surface area contributed by atoms with Gasteiger partial charge in [0.05, 0.1) is 18.4 Å². The molecule has 0 aliphatic carbocycles. The molecule has 1 aromatic heterocycles. The normalized spacial score (nSPS) is 17.1. The molecule has 2 N–H and O–H groups in total. The Bertz CT molecular complexity index is 437. The zero-order chi connectivity index (χ0) is 13.0. The van der Waals surface area contributed by atoms with Gasteiger partial charge in [-0.15, -0.1) is 0 Å². The maximum absolute atomic E-state index is 12.0. The monoisotopic (exact) mass is 250 g/mol. The van der Waals surface area contributed by atoms with Crippen LogP contribution in [0.25, 0.3) is 0 Å². The molecule has 1 fully saturated rings. The highest BCUT2D eigenvalue weighted by molar-refractivity contribution is 5.43. The van der Waals surface area contributed by atoms with E-state index in [1.807, 2.05) is 0 Å². The van der Waals surface area contributed by atoms with Crippen LogP contribution in [0.2, 0.25) is 0 Å². The topological polar surface area (TPSA) is 64.2 Å². The van der Waals surface area contributed by atoms with Gasteiger partial charge in [-0.3, -0.25) is 4.79 Å². The molecule has 2 heterocycles.